The Morgan fingerprint density at radius 2 is 1.85 bits per heavy atom. The summed E-state index contributed by atoms with van der Waals surface area (Å²) in [5.74, 6) is 0. The molecule has 20 heavy (non-hydrogen) atoms. The number of fused-ring (bicyclic) bond motifs is 2. The third-order valence-corrected chi connectivity index (χ3v) is 3.29. The third kappa shape index (κ3) is 1.87. The van der Waals surface area contributed by atoms with E-state index in [1.807, 2.05) is 36.7 Å². The monoisotopic (exact) mass is 260 g/mol. The molecule has 4 heteroatoms. The summed E-state index contributed by atoms with van der Waals surface area (Å²) < 4.78 is 0. The highest BCUT2D eigenvalue weighted by molar-refractivity contribution is 5.84. The molecule has 0 aliphatic rings. The highest BCUT2D eigenvalue weighted by Crippen LogP contribution is 2.22. The predicted octanol–water partition coefficient (Wildman–Crippen LogP) is 3.85. The molecule has 4 nitrogen and oxygen atoms in total. The molecule has 4 aromatic rings. The van der Waals surface area contributed by atoms with Gasteiger partial charge in [0.1, 0.15) is 5.65 Å². The molecule has 1 aromatic carbocycles. The minimum Gasteiger partial charge on any atom is -0.354 e. The van der Waals surface area contributed by atoms with Crippen molar-refractivity contribution < 1.29 is 0 Å². The first kappa shape index (κ1) is 11.0. The van der Waals surface area contributed by atoms with Crippen molar-refractivity contribution in [1.29, 1.82) is 0 Å². The minimum absolute atomic E-state index is 0.901. The Morgan fingerprint density at radius 1 is 0.900 bits per heavy atom. The van der Waals surface area contributed by atoms with Crippen molar-refractivity contribution in [1.82, 2.24) is 15.0 Å². The third-order valence-electron chi connectivity index (χ3n) is 3.29. The first-order valence-corrected chi connectivity index (χ1v) is 6.43. The zero-order valence-electron chi connectivity index (χ0n) is 10.7. The Hall–Kier alpha value is -2.88. The van der Waals surface area contributed by atoms with Gasteiger partial charge in [-0.2, -0.15) is 0 Å². The van der Waals surface area contributed by atoms with E-state index >= 15 is 0 Å². The molecule has 3 heterocycles. The van der Waals surface area contributed by atoms with Crippen LogP contribution in [0.5, 0.6) is 0 Å². The number of H-pyrrole nitrogens is 1. The van der Waals surface area contributed by atoms with Crippen LogP contribution in [0.4, 0.5) is 11.4 Å². The number of hydrogen-bond donors (Lipinski definition) is 2. The molecule has 0 amide bonds. The van der Waals surface area contributed by atoms with Crippen LogP contribution >= 0.6 is 0 Å². The lowest BCUT2D eigenvalue weighted by atomic mass is 10.2. The molecule has 0 spiro atoms. The van der Waals surface area contributed by atoms with Crippen LogP contribution in [0.1, 0.15) is 0 Å². The van der Waals surface area contributed by atoms with Crippen molar-refractivity contribution in [2.24, 2.45) is 0 Å². The summed E-state index contributed by atoms with van der Waals surface area (Å²) in [6.07, 6.45) is 5.52. The zero-order chi connectivity index (χ0) is 13.4. The van der Waals surface area contributed by atoms with Gasteiger partial charge in [0, 0.05) is 28.9 Å². The number of nitrogens with one attached hydrogen (secondary N) is 2. The van der Waals surface area contributed by atoms with Gasteiger partial charge in [0.2, 0.25) is 0 Å². The molecule has 0 aliphatic heterocycles. The van der Waals surface area contributed by atoms with Gasteiger partial charge in [-0.25, -0.2) is 4.98 Å². The van der Waals surface area contributed by atoms with Gasteiger partial charge >= 0.3 is 0 Å². The highest BCUT2D eigenvalue weighted by atomic mass is 14.9. The topological polar surface area (TPSA) is 53.6 Å². The predicted molar refractivity (Wildman–Crippen MR) is 81.1 cm³/mol. The highest BCUT2D eigenvalue weighted by Gasteiger charge is 2.01. The van der Waals surface area contributed by atoms with Gasteiger partial charge in [-0.05, 0) is 36.4 Å². The van der Waals surface area contributed by atoms with E-state index < -0.39 is 0 Å². The fraction of sp³-hybridized carbons (Fsp3) is 0. The number of rotatable bonds is 2. The number of aromatic nitrogens is 3. The summed E-state index contributed by atoms with van der Waals surface area (Å²) in [5, 5.41) is 5.59. The molecule has 0 bridgehead atoms. The summed E-state index contributed by atoms with van der Waals surface area (Å²) in [5.41, 5.74) is 3.90. The lowest BCUT2D eigenvalue weighted by Crippen LogP contribution is -1.91. The van der Waals surface area contributed by atoms with Crippen molar-refractivity contribution in [2.45, 2.75) is 0 Å². The smallest absolute Gasteiger partial charge is 0.137 e. The lowest BCUT2D eigenvalue weighted by Gasteiger charge is -2.07. The molecule has 3 aromatic heterocycles. The summed E-state index contributed by atoms with van der Waals surface area (Å²) >= 11 is 0. The molecule has 0 atom stereocenters. The first-order chi connectivity index (χ1) is 9.88. The van der Waals surface area contributed by atoms with Gasteiger partial charge in [-0.3, -0.25) is 4.98 Å². The standard InChI is InChI=1S/C16H12N4/c1-2-11-8-13(3-4-15(11)17-6-1)20-14-9-12-5-7-18-16(12)19-10-14/h1-10,20H,(H,18,19). The van der Waals surface area contributed by atoms with E-state index in [1.54, 1.807) is 6.20 Å². The number of hydrogen-bond acceptors (Lipinski definition) is 3. The Morgan fingerprint density at radius 3 is 2.85 bits per heavy atom. The van der Waals surface area contributed by atoms with Crippen molar-refractivity contribution in [2.75, 3.05) is 5.32 Å². The summed E-state index contributed by atoms with van der Waals surface area (Å²) in [6, 6.07) is 14.2. The number of benzene rings is 1. The van der Waals surface area contributed by atoms with Crippen molar-refractivity contribution in [3.05, 3.63) is 61.1 Å². The fourth-order valence-corrected chi connectivity index (χ4v) is 2.33. The van der Waals surface area contributed by atoms with E-state index in [4.69, 9.17) is 0 Å². The van der Waals surface area contributed by atoms with Gasteiger partial charge in [-0.1, -0.05) is 6.07 Å². The van der Waals surface area contributed by atoms with Crippen LogP contribution in [0.25, 0.3) is 21.9 Å². The molecular formula is C16H12N4. The number of aromatic amines is 1. The van der Waals surface area contributed by atoms with Crippen LogP contribution in [-0.2, 0) is 0 Å². The number of anilines is 2. The molecule has 0 aliphatic carbocycles. The maximum absolute atomic E-state index is 4.37. The van der Waals surface area contributed by atoms with E-state index in [1.165, 1.54) is 0 Å². The largest absolute Gasteiger partial charge is 0.354 e. The maximum Gasteiger partial charge on any atom is 0.137 e. The number of nitrogens with zero attached hydrogens (tertiary/aromatic N) is 2. The van der Waals surface area contributed by atoms with E-state index in [2.05, 4.69) is 38.5 Å². The van der Waals surface area contributed by atoms with Crippen LogP contribution in [0.2, 0.25) is 0 Å². The first-order valence-electron chi connectivity index (χ1n) is 6.43. The molecule has 0 saturated carbocycles. The van der Waals surface area contributed by atoms with Crippen LogP contribution in [0, 0.1) is 0 Å². The average Bonchev–Trinajstić information content (AvgIpc) is 2.95. The van der Waals surface area contributed by atoms with Gasteiger partial charge in [-0.15, -0.1) is 0 Å². The SMILES string of the molecule is c1cnc2ccc(Nc3cnc4[nH]ccc4c3)cc2c1. The van der Waals surface area contributed by atoms with Gasteiger partial charge < -0.3 is 10.3 Å². The minimum atomic E-state index is 0.901. The average molecular weight is 260 g/mol. The van der Waals surface area contributed by atoms with Gasteiger partial charge in [0.15, 0.2) is 0 Å². The van der Waals surface area contributed by atoms with Gasteiger partial charge in [0.05, 0.1) is 17.4 Å². The molecule has 0 unspecified atom stereocenters. The molecule has 0 fully saturated rings. The van der Waals surface area contributed by atoms with E-state index in [9.17, 15) is 0 Å². The summed E-state index contributed by atoms with van der Waals surface area (Å²) in [4.78, 5) is 11.8. The summed E-state index contributed by atoms with van der Waals surface area (Å²) in [6.45, 7) is 0. The van der Waals surface area contributed by atoms with E-state index in [0.717, 1.165) is 33.3 Å². The Balaban J connectivity index is 1.72. The van der Waals surface area contributed by atoms with Crippen LogP contribution < -0.4 is 5.32 Å². The van der Waals surface area contributed by atoms with Crippen molar-refractivity contribution in [3.8, 4) is 0 Å². The lowest BCUT2D eigenvalue weighted by molar-refractivity contribution is 1.32. The van der Waals surface area contributed by atoms with E-state index in [-0.39, 0.29) is 0 Å². The second kappa shape index (κ2) is 4.35. The van der Waals surface area contributed by atoms with Crippen LogP contribution in [0.3, 0.4) is 0 Å². The Bertz CT molecular complexity index is 895. The zero-order valence-corrected chi connectivity index (χ0v) is 10.7. The molecule has 2 N–H and O–H groups in total. The molecule has 4 rings (SSSR count). The molecular weight excluding hydrogens is 248 g/mol. The molecule has 96 valence electrons. The number of pyridine rings is 2. The maximum atomic E-state index is 4.37. The fourth-order valence-electron chi connectivity index (χ4n) is 2.33. The summed E-state index contributed by atoms with van der Waals surface area (Å²) in [7, 11) is 0. The van der Waals surface area contributed by atoms with Crippen molar-refractivity contribution in [3.63, 3.8) is 0 Å². The quantitative estimate of drug-likeness (QED) is 0.575. The van der Waals surface area contributed by atoms with Crippen LogP contribution in [0.15, 0.2) is 61.1 Å². The second-order valence-electron chi connectivity index (χ2n) is 4.68. The van der Waals surface area contributed by atoms with Crippen LogP contribution in [-0.4, -0.2) is 15.0 Å². The Labute approximate surface area is 115 Å². The Kier molecular flexibility index (Phi) is 2.39. The van der Waals surface area contributed by atoms with E-state index in [0.29, 0.717) is 0 Å². The van der Waals surface area contributed by atoms with Gasteiger partial charge in [0.25, 0.3) is 0 Å². The molecule has 0 radical (unpaired) electrons. The normalized spacial score (nSPS) is 11.0. The van der Waals surface area contributed by atoms with Crippen molar-refractivity contribution >= 4 is 33.3 Å². The second-order valence-corrected chi connectivity index (χ2v) is 4.68. The molecule has 0 saturated heterocycles.